The number of nitrogens with zero attached hydrogens (tertiary/aromatic N) is 1. The van der Waals surface area contributed by atoms with E-state index >= 15 is 0 Å². The van der Waals surface area contributed by atoms with Crippen molar-refractivity contribution in [2.24, 2.45) is 0 Å². The Kier molecular flexibility index (Phi) is 8.35. The molecule has 4 rings (SSSR count). The summed E-state index contributed by atoms with van der Waals surface area (Å²) in [7, 11) is 2.42. The highest BCUT2D eigenvalue weighted by atomic mass is 79.9. The number of piperidine rings is 1. The molecule has 2 aliphatic rings. The van der Waals surface area contributed by atoms with Gasteiger partial charge in [0.25, 0.3) is 0 Å². The predicted molar refractivity (Wildman–Crippen MR) is 121 cm³/mol. The summed E-state index contributed by atoms with van der Waals surface area (Å²) in [5.74, 6) is -0.172. The molecule has 31 heavy (non-hydrogen) atoms. The third kappa shape index (κ3) is 5.59. The maximum atomic E-state index is 12.5. The van der Waals surface area contributed by atoms with Crippen molar-refractivity contribution in [2.75, 3.05) is 7.05 Å². The molecule has 2 aromatic rings. The minimum atomic E-state index is -0.172. The molecule has 0 radical (unpaired) electrons. The Labute approximate surface area is 198 Å². The van der Waals surface area contributed by atoms with Crippen molar-refractivity contribution in [3.63, 3.8) is 0 Å². The monoisotopic (exact) mass is 485 g/mol. The number of aryl methyl sites for hydroxylation is 1. The van der Waals surface area contributed by atoms with Gasteiger partial charge in [-0.1, -0.05) is 62.2 Å². The smallest absolute Gasteiger partial charge is 0.338 e. The fourth-order valence-electron chi connectivity index (χ4n) is 5.63. The first-order valence-corrected chi connectivity index (χ1v) is 11.8. The second-order valence-electron chi connectivity index (χ2n) is 9.53. The lowest BCUT2D eigenvalue weighted by Gasteiger charge is -2.47. The number of hydrogen-bond donors (Lipinski definition) is 0. The molecule has 4 heteroatoms. The van der Waals surface area contributed by atoms with Crippen molar-refractivity contribution in [3.8, 4) is 0 Å². The van der Waals surface area contributed by atoms with Gasteiger partial charge in [-0.2, -0.15) is 0 Å². The average molecular weight is 486 g/mol. The van der Waals surface area contributed by atoms with Gasteiger partial charge in [-0.15, -0.1) is 0 Å². The molecule has 2 aliphatic heterocycles. The lowest BCUT2D eigenvalue weighted by molar-refractivity contribution is -0.961. The number of esters is 1. The Balaban J connectivity index is 0.00000272. The number of carbonyl (C=O) groups excluding carboxylic acids is 1. The Morgan fingerprint density at radius 1 is 0.935 bits per heavy atom. The molecular weight excluding hydrogens is 450 g/mol. The van der Waals surface area contributed by atoms with Crippen LogP contribution in [0.3, 0.4) is 0 Å². The van der Waals surface area contributed by atoms with Gasteiger partial charge >= 0.3 is 5.97 Å². The van der Waals surface area contributed by atoms with Crippen molar-refractivity contribution in [2.45, 2.75) is 83.0 Å². The average Bonchev–Trinajstić information content (AvgIpc) is 2.92. The van der Waals surface area contributed by atoms with Crippen LogP contribution in [0.4, 0.5) is 0 Å². The Morgan fingerprint density at radius 3 is 2.16 bits per heavy atom. The summed E-state index contributed by atoms with van der Waals surface area (Å²) < 4.78 is 7.02. The van der Waals surface area contributed by atoms with Crippen molar-refractivity contribution < 1.29 is 31.0 Å². The number of carbonyl (C=O) groups is 1. The number of ether oxygens (including phenoxy) is 1. The van der Waals surface area contributed by atoms with Gasteiger partial charge in [0.1, 0.15) is 12.6 Å². The van der Waals surface area contributed by atoms with Crippen LogP contribution in [0.15, 0.2) is 54.6 Å². The molecule has 2 heterocycles. The van der Waals surface area contributed by atoms with E-state index in [0.717, 1.165) is 23.9 Å². The molecular formula is C27H36BrNO2. The molecule has 0 spiro atoms. The Morgan fingerprint density at radius 2 is 1.55 bits per heavy atom. The van der Waals surface area contributed by atoms with Crippen LogP contribution in [0.1, 0.15) is 73.4 Å². The molecule has 2 aromatic carbocycles. The molecule has 0 N–H and O–H groups in total. The third-order valence-electron chi connectivity index (χ3n) is 7.47. The lowest BCUT2D eigenvalue weighted by atomic mass is 9.95. The van der Waals surface area contributed by atoms with Gasteiger partial charge in [-0.25, -0.2) is 4.79 Å². The summed E-state index contributed by atoms with van der Waals surface area (Å²) in [6.07, 6.45) is 9.60. The second kappa shape index (κ2) is 10.8. The summed E-state index contributed by atoms with van der Waals surface area (Å²) >= 11 is 0. The molecule has 4 atom stereocenters. The van der Waals surface area contributed by atoms with E-state index in [-0.39, 0.29) is 29.1 Å². The zero-order chi connectivity index (χ0) is 21.0. The van der Waals surface area contributed by atoms with Gasteiger partial charge in [-0.05, 0) is 30.5 Å². The first-order chi connectivity index (χ1) is 14.6. The topological polar surface area (TPSA) is 26.3 Å². The van der Waals surface area contributed by atoms with Gasteiger partial charge in [0.05, 0.1) is 24.7 Å². The number of halogens is 1. The van der Waals surface area contributed by atoms with E-state index in [9.17, 15) is 4.79 Å². The van der Waals surface area contributed by atoms with Gasteiger partial charge in [-0.3, -0.25) is 0 Å². The van der Waals surface area contributed by atoms with Crippen LogP contribution in [0, 0.1) is 0 Å². The summed E-state index contributed by atoms with van der Waals surface area (Å²) in [6, 6.07) is 19.9. The van der Waals surface area contributed by atoms with E-state index in [1.165, 1.54) is 49.7 Å². The molecule has 168 valence electrons. The van der Waals surface area contributed by atoms with Crippen molar-refractivity contribution in [1.82, 2.24) is 0 Å². The lowest BCUT2D eigenvalue weighted by Crippen LogP contribution is -3.00. The highest BCUT2D eigenvalue weighted by Gasteiger charge is 2.52. The molecule has 2 bridgehead atoms. The molecule has 0 amide bonds. The summed E-state index contributed by atoms with van der Waals surface area (Å²) in [4.78, 5) is 12.5. The van der Waals surface area contributed by atoms with E-state index in [1.807, 2.05) is 30.3 Å². The van der Waals surface area contributed by atoms with E-state index in [4.69, 9.17) is 4.74 Å². The Bertz CT molecular complexity index is 822. The van der Waals surface area contributed by atoms with Crippen molar-refractivity contribution in [1.29, 1.82) is 0 Å². The number of benzene rings is 2. The quantitative estimate of drug-likeness (QED) is 0.326. The van der Waals surface area contributed by atoms with Crippen LogP contribution < -0.4 is 17.0 Å². The molecule has 2 fully saturated rings. The van der Waals surface area contributed by atoms with Crippen LogP contribution in [-0.2, 0) is 17.7 Å². The fraction of sp³-hybridized carbons (Fsp3) is 0.519. The largest absolute Gasteiger partial charge is 1.00 e. The highest BCUT2D eigenvalue weighted by Crippen LogP contribution is 2.43. The molecule has 0 saturated carbocycles. The number of unbranched alkanes of at least 4 members (excludes halogenated alkanes) is 2. The number of fused-ring (bicyclic) bond motifs is 2. The van der Waals surface area contributed by atoms with Crippen molar-refractivity contribution in [3.05, 3.63) is 71.3 Å². The van der Waals surface area contributed by atoms with Gasteiger partial charge in [0.15, 0.2) is 0 Å². The van der Waals surface area contributed by atoms with E-state index in [2.05, 4.69) is 38.2 Å². The van der Waals surface area contributed by atoms with E-state index < -0.39 is 0 Å². The van der Waals surface area contributed by atoms with Crippen molar-refractivity contribution >= 4 is 5.97 Å². The first-order valence-electron chi connectivity index (χ1n) is 11.8. The van der Waals surface area contributed by atoms with Crippen LogP contribution in [0.2, 0.25) is 0 Å². The maximum Gasteiger partial charge on any atom is 0.338 e. The van der Waals surface area contributed by atoms with E-state index in [0.29, 0.717) is 17.6 Å². The number of hydrogen-bond acceptors (Lipinski definition) is 2. The molecule has 2 unspecified atom stereocenters. The van der Waals surface area contributed by atoms with Crippen LogP contribution in [-0.4, -0.2) is 35.7 Å². The normalized spacial score (nSPS) is 26.8. The maximum absolute atomic E-state index is 12.5. The molecule has 3 nitrogen and oxygen atoms in total. The van der Waals surface area contributed by atoms with Gasteiger partial charge < -0.3 is 26.2 Å². The van der Waals surface area contributed by atoms with Crippen LogP contribution in [0.25, 0.3) is 0 Å². The molecule has 0 aliphatic carbocycles. The van der Waals surface area contributed by atoms with Gasteiger partial charge in [0, 0.05) is 31.2 Å². The predicted octanol–water partition coefficient (Wildman–Crippen LogP) is 2.92. The minimum absolute atomic E-state index is 0. The zero-order valence-corrected chi connectivity index (χ0v) is 20.5. The molecule has 0 aromatic heterocycles. The number of rotatable bonds is 8. The minimum Gasteiger partial charge on any atom is -1.00 e. The first kappa shape index (κ1) is 24.0. The third-order valence-corrected chi connectivity index (χ3v) is 7.47. The zero-order valence-electron chi connectivity index (χ0n) is 18.9. The summed E-state index contributed by atoms with van der Waals surface area (Å²) in [5.41, 5.74) is 3.56. The second-order valence-corrected chi connectivity index (χ2v) is 9.53. The summed E-state index contributed by atoms with van der Waals surface area (Å²) in [5, 5.41) is 0. The SMILES string of the molecule is CCCCCc1ccc(C[N+]2(C)[C@@H]3CC[C@H]2CC(OC(=O)c2ccccc2)C3)cc1.[Br-]. The molecule has 2 saturated heterocycles. The summed E-state index contributed by atoms with van der Waals surface area (Å²) in [6.45, 7) is 3.34. The van der Waals surface area contributed by atoms with E-state index in [1.54, 1.807) is 0 Å². The standard InChI is InChI=1S/C27H36NO2.BrH/c1-3-4-6-9-21-12-14-22(15-13-21)20-28(2)24-16-17-25(28)19-26(18-24)30-27(29)23-10-7-5-8-11-23;/h5,7-8,10-15,24-26H,3-4,6,9,16-20H2,1-2H3;1H/q+1;/p-1/t24-,25+,26?,28?;. The van der Waals surface area contributed by atoms with Crippen LogP contribution >= 0.6 is 0 Å². The fourth-order valence-corrected chi connectivity index (χ4v) is 5.63. The van der Waals surface area contributed by atoms with Gasteiger partial charge in [0.2, 0.25) is 0 Å². The Hall–Kier alpha value is -1.65. The highest BCUT2D eigenvalue weighted by molar-refractivity contribution is 5.89. The van der Waals surface area contributed by atoms with Crippen LogP contribution in [0.5, 0.6) is 0 Å². The number of quaternary nitrogens is 1.